The Kier molecular flexibility index (Phi) is 6.26. The summed E-state index contributed by atoms with van der Waals surface area (Å²) in [5.74, 6) is 0.848. The fourth-order valence-electron chi connectivity index (χ4n) is 3.85. The van der Waals surface area contributed by atoms with Crippen molar-refractivity contribution in [1.29, 1.82) is 0 Å². The van der Waals surface area contributed by atoms with E-state index in [2.05, 4.69) is 25.9 Å². The molecule has 6 heteroatoms. The van der Waals surface area contributed by atoms with Crippen molar-refractivity contribution in [3.8, 4) is 17.1 Å². The van der Waals surface area contributed by atoms with Crippen LogP contribution in [-0.2, 0) is 17.8 Å². The molecule has 0 bridgehead atoms. The SMILES string of the molecule is COc1ccccc1C[C@H](C)NC(=O)CCn1c(-c2ccccn2)cc2cccnc21. The zero-order valence-corrected chi connectivity index (χ0v) is 17.8. The molecule has 0 aliphatic heterocycles. The molecule has 1 atom stereocenters. The van der Waals surface area contributed by atoms with Crippen LogP contribution in [0.4, 0.5) is 0 Å². The molecule has 1 N–H and O–H groups in total. The number of rotatable bonds is 8. The number of hydrogen-bond acceptors (Lipinski definition) is 4. The minimum absolute atomic E-state index is 0.00130. The summed E-state index contributed by atoms with van der Waals surface area (Å²) in [6.45, 7) is 2.54. The molecule has 6 nitrogen and oxygen atoms in total. The van der Waals surface area contributed by atoms with Crippen molar-refractivity contribution < 1.29 is 9.53 Å². The second-order valence-electron chi connectivity index (χ2n) is 7.55. The lowest BCUT2D eigenvalue weighted by Gasteiger charge is -2.16. The van der Waals surface area contributed by atoms with Gasteiger partial charge in [-0.1, -0.05) is 24.3 Å². The van der Waals surface area contributed by atoms with Crippen LogP contribution in [0.15, 0.2) is 73.1 Å². The summed E-state index contributed by atoms with van der Waals surface area (Å²) in [5.41, 5.74) is 3.77. The Hall–Kier alpha value is -3.67. The van der Waals surface area contributed by atoms with Crippen LogP contribution in [0.2, 0.25) is 0 Å². The fraction of sp³-hybridized carbons (Fsp3) is 0.240. The molecule has 0 fully saturated rings. The van der Waals surface area contributed by atoms with Crippen LogP contribution in [0.1, 0.15) is 18.9 Å². The highest BCUT2D eigenvalue weighted by atomic mass is 16.5. The number of nitrogens with zero attached hydrogens (tertiary/aromatic N) is 3. The highest BCUT2D eigenvalue weighted by molar-refractivity contribution is 5.84. The zero-order valence-electron chi connectivity index (χ0n) is 17.8. The van der Waals surface area contributed by atoms with Crippen LogP contribution >= 0.6 is 0 Å². The first-order valence-corrected chi connectivity index (χ1v) is 10.4. The summed E-state index contributed by atoms with van der Waals surface area (Å²) in [4.78, 5) is 21.7. The molecule has 3 heterocycles. The van der Waals surface area contributed by atoms with E-state index in [9.17, 15) is 4.79 Å². The van der Waals surface area contributed by atoms with E-state index >= 15 is 0 Å². The van der Waals surface area contributed by atoms with Gasteiger partial charge in [0, 0.05) is 36.8 Å². The number of methoxy groups -OCH3 is 1. The molecule has 0 aliphatic carbocycles. The lowest BCUT2D eigenvalue weighted by atomic mass is 10.1. The summed E-state index contributed by atoms with van der Waals surface area (Å²) in [6, 6.07) is 19.7. The largest absolute Gasteiger partial charge is 0.496 e. The predicted molar refractivity (Wildman–Crippen MR) is 122 cm³/mol. The molecule has 3 aromatic heterocycles. The smallest absolute Gasteiger partial charge is 0.222 e. The molecular formula is C25H26N4O2. The molecule has 0 radical (unpaired) electrons. The van der Waals surface area contributed by atoms with Gasteiger partial charge >= 0.3 is 0 Å². The Morgan fingerprint density at radius 2 is 1.87 bits per heavy atom. The van der Waals surface area contributed by atoms with E-state index in [0.29, 0.717) is 19.4 Å². The quantitative estimate of drug-likeness (QED) is 0.468. The topological polar surface area (TPSA) is 69.0 Å². The molecular weight excluding hydrogens is 388 g/mol. The van der Waals surface area contributed by atoms with Crippen LogP contribution in [-0.4, -0.2) is 33.6 Å². The Balaban J connectivity index is 1.46. The van der Waals surface area contributed by atoms with Gasteiger partial charge in [0.2, 0.25) is 5.91 Å². The van der Waals surface area contributed by atoms with Crippen molar-refractivity contribution in [3.05, 3.63) is 78.6 Å². The number of fused-ring (bicyclic) bond motifs is 1. The summed E-state index contributed by atoms with van der Waals surface area (Å²) in [7, 11) is 1.66. The Labute approximate surface area is 181 Å². The van der Waals surface area contributed by atoms with Gasteiger partial charge in [0.05, 0.1) is 18.5 Å². The number of pyridine rings is 2. The number of nitrogens with one attached hydrogen (secondary N) is 1. The molecule has 0 unspecified atom stereocenters. The standard InChI is InChI=1S/C25H26N4O2/c1-18(16-19-8-3-4-11-23(19)31-2)28-24(30)12-15-29-22(21-10-5-6-13-26-21)17-20-9-7-14-27-25(20)29/h3-11,13-14,17-18H,12,15-16H2,1-2H3,(H,28,30)/t18-/m0/s1. The third kappa shape index (κ3) is 4.74. The molecule has 0 spiro atoms. The summed E-state index contributed by atoms with van der Waals surface area (Å²) in [6.07, 6.45) is 4.62. The first-order valence-electron chi connectivity index (χ1n) is 10.4. The maximum atomic E-state index is 12.7. The Morgan fingerprint density at radius 1 is 1.06 bits per heavy atom. The average molecular weight is 415 g/mol. The van der Waals surface area contributed by atoms with Crippen LogP contribution < -0.4 is 10.1 Å². The van der Waals surface area contributed by atoms with Gasteiger partial charge in [-0.3, -0.25) is 9.78 Å². The highest BCUT2D eigenvalue weighted by Gasteiger charge is 2.15. The Bertz CT molecular complexity index is 1170. The minimum atomic E-state index is -0.00130. The zero-order chi connectivity index (χ0) is 21.6. The lowest BCUT2D eigenvalue weighted by molar-refractivity contribution is -0.121. The van der Waals surface area contributed by atoms with E-state index < -0.39 is 0 Å². The van der Waals surface area contributed by atoms with E-state index in [1.165, 1.54) is 0 Å². The molecule has 0 saturated carbocycles. The normalized spacial score (nSPS) is 11.9. The predicted octanol–water partition coefficient (Wildman–Crippen LogP) is 4.24. The van der Waals surface area contributed by atoms with Gasteiger partial charge in [0.25, 0.3) is 0 Å². The second kappa shape index (κ2) is 9.43. The molecule has 4 aromatic rings. The summed E-state index contributed by atoms with van der Waals surface area (Å²) < 4.78 is 7.49. The van der Waals surface area contributed by atoms with E-state index in [1.807, 2.05) is 61.5 Å². The molecule has 0 aliphatic rings. The van der Waals surface area contributed by atoms with Gasteiger partial charge in [-0.05, 0) is 55.3 Å². The van der Waals surface area contributed by atoms with Crippen LogP contribution in [0.5, 0.6) is 5.75 Å². The molecule has 1 aromatic carbocycles. The second-order valence-corrected chi connectivity index (χ2v) is 7.55. The van der Waals surface area contributed by atoms with Crippen molar-refractivity contribution in [3.63, 3.8) is 0 Å². The highest BCUT2D eigenvalue weighted by Crippen LogP contribution is 2.26. The number of para-hydroxylation sites is 1. The average Bonchev–Trinajstić information content (AvgIpc) is 3.17. The van der Waals surface area contributed by atoms with Crippen molar-refractivity contribution in [2.45, 2.75) is 32.4 Å². The van der Waals surface area contributed by atoms with Gasteiger partial charge in [-0.15, -0.1) is 0 Å². The third-order valence-corrected chi connectivity index (χ3v) is 5.27. The van der Waals surface area contributed by atoms with Gasteiger partial charge in [-0.25, -0.2) is 4.98 Å². The number of carbonyl (C=O) groups excluding carboxylic acids is 1. The van der Waals surface area contributed by atoms with Gasteiger partial charge in [-0.2, -0.15) is 0 Å². The number of aryl methyl sites for hydroxylation is 1. The van der Waals surface area contributed by atoms with Crippen molar-refractivity contribution in [2.24, 2.45) is 0 Å². The number of carbonyl (C=O) groups is 1. The first kappa shape index (κ1) is 20.6. The molecule has 1 amide bonds. The number of benzene rings is 1. The van der Waals surface area contributed by atoms with Crippen LogP contribution in [0, 0.1) is 0 Å². The van der Waals surface area contributed by atoms with E-state index in [1.54, 1.807) is 19.5 Å². The molecule has 4 rings (SSSR count). The van der Waals surface area contributed by atoms with Crippen LogP contribution in [0.25, 0.3) is 22.4 Å². The molecule has 0 saturated heterocycles. The monoisotopic (exact) mass is 414 g/mol. The van der Waals surface area contributed by atoms with Gasteiger partial charge in [0.1, 0.15) is 11.4 Å². The number of ether oxygens (including phenoxy) is 1. The van der Waals surface area contributed by atoms with Crippen molar-refractivity contribution >= 4 is 16.9 Å². The summed E-state index contributed by atoms with van der Waals surface area (Å²) >= 11 is 0. The van der Waals surface area contributed by atoms with Gasteiger partial charge in [0.15, 0.2) is 0 Å². The van der Waals surface area contributed by atoms with Crippen molar-refractivity contribution in [2.75, 3.05) is 7.11 Å². The van der Waals surface area contributed by atoms with Crippen LogP contribution in [0.3, 0.4) is 0 Å². The van der Waals surface area contributed by atoms with Gasteiger partial charge < -0.3 is 14.6 Å². The lowest BCUT2D eigenvalue weighted by Crippen LogP contribution is -2.34. The molecule has 158 valence electrons. The fourth-order valence-corrected chi connectivity index (χ4v) is 3.85. The number of hydrogen-bond donors (Lipinski definition) is 1. The third-order valence-electron chi connectivity index (χ3n) is 5.27. The number of amides is 1. The molecule has 31 heavy (non-hydrogen) atoms. The number of aromatic nitrogens is 3. The Morgan fingerprint density at radius 3 is 2.68 bits per heavy atom. The summed E-state index contributed by atoms with van der Waals surface area (Å²) in [5, 5.41) is 4.14. The van der Waals surface area contributed by atoms with E-state index in [0.717, 1.165) is 33.7 Å². The van der Waals surface area contributed by atoms with E-state index in [4.69, 9.17) is 4.74 Å². The maximum absolute atomic E-state index is 12.7. The minimum Gasteiger partial charge on any atom is -0.496 e. The first-order chi connectivity index (χ1) is 15.2. The maximum Gasteiger partial charge on any atom is 0.222 e. The van der Waals surface area contributed by atoms with E-state index in [-0.39, 0.29) is 11.9 Å². The van der Waals surface area contributed by atoms with Crippen molar-refractivity contribution in [1.82, 2.24) is 19.9 Å².